The summed E-state index contributed by atoms with van der Waals surface area (Å²) in [6.45, 7) is 7.99. The predicted molar refractivity (Wildman–Crippen MR) is 75.4 cm³/mol. The Hall–Kier alpha value is -0.220. The maximum Gasteiger partial charge on any atom is 0.237 e. The number of hydrogen-bond acceptors (Lipinski definition) is 3. The molecule has 1 rings (SSSR count). The predicted octanol–water partition coefficient (Wildman–Crippen LogP) is 2.16. The van der Waals surface area contributed by atoms with Gasteiger partial charge in [-0.2, -0.15) is 11.8 Å². The SMILES string of the molecule is CSC1CCCC1NC(C)C(=O)NC(C)(C)C. The lowest BCUT2D eigenvalue weighted by Crippen LogP contribution is -2.52. The van der Waals surface area contributed by atoms with E-state index in [1.807, 2.05) is 39.5 Å². The smallest absolute Gasteiger partial charge is 0.237 e. The zero-order valence-electron chi connectivity index (χ0n) is 11.7. The lowest BCUT2D eigenvalue weighted by atomic mass is 10.1. The Morgan fingerprint density at radius 1 is 1.35 bits per heavy atom. The molecule has 0 aromatic heterocycles. The fourth-order valence-corrected chi connectivity index (χ4v) is 3.22. The fraction of sp³-hybridized carbons (Fsp3) is 0.923. The summed E-state index contributed by atoms with van der Waals surface area (Å²) in [5.74, 6) is 0.101. The Balaban J connectivity index is 2.43. The summed E-state index contributed by atoms with van der Waals surface area (Å²) in [5.41, 5.74) is -0.151. The third-order valence-electron chi connectivity index (χ3n) is 3.11. The standard InChI is InChI=1S/C13H26N2OS/c1-9(12(16)15-13(2,3)4)14-10-7-6-8-11(10)17-5/h9-11,14H,6-8H2,1-5H3,(H,15,16). The molecule has 3 atom stereocenters. The number of hydrogen-bond donors (Lipinski definition) is 2. The van der Waals surface area contributed by atoms with E-state index in [4.69, 9.17) is 0 Å². The van der Waals surface area contributed by atoms with Gasteiger partial charge in [0.1, 0.15) is 0 Å². The van der Waals surface area contributed by atoms with Gasteiger partial charge in [0, 0.05) is 16.8 Å². The Bertz CT molecular complexity index is 263. The molecule has 1 amide bonds. The average Bonchev–Trinajstić information content (AvgIpc) is 2.62. The number of thioether (sulfide) groups is 1. The second-order valence-electron chi connectivity index (χ2n) is 5.94. The van der Waals surface area contributed by atoms with Crippen LogP contribution in [0.25, 0.3) is 0 Å². The van der Waals surface area contributed by atoms with Crippen molar-refractivity contribution in [2.24, 2.45) is 0 Å². The van der Waals surface area contributed by atoms with Crippen LogP contribution >= 0.6 is 11.8 Å². The molecule has 0 bridgehead atoms. The highest BCUT2D eigenvalue weighted by Crippen LogP contribution is 2.28. The Morgan fingerprint density at radius 3 is 2.53 bits per heavy atom. The van der Waals surface area contributed by atoms with Gasteiger partial charge in [-0.3, -0.25) is 4.79 Å². The molecule has 1 aliphatic carbocycles. The van der Waals surface area contributed by atoms with Crippen LogP contribution in [-0.2, 0) is 4.79 Å². The van der Waals surface area contributed by atoms with Crippen molar-refractivity contribution in [1.29, 1.82) is 0 Å². The van der Waals surface area contributed by atoms with E-state index in [0.29, 0.717) is 11.3 Å². The Morgan fingerprint density at radius 2 is 2.00 bits per heavy atom. The third kappa shape index (κ3) is 4.88. The first-order chi connectivity index (χ1) is 7.83. The van der Waals surface area contributed by atoms with E-state index in [2.05, 4.69) is 16.9 Å². The van der Waals surface area contributed by atoms with Crippen molar-refractivity contribution in [1.82, 2.24) is 10.6 Å². The van der Waals surface area contributed by atoms with Crippen LogP contribution in [0.5, 0.6) is 0 Å². The molecule has 0 heterocycles. The first-order valence-corrected chi connectivity index (χ1v) is 7.73. The van der Waals surface area contributed by atoms with Crippen LogP contribution < -0.4 is 10.6 Å². The molecule has 0 saturated heterocycles. The van der Waals surface area contributed by atoms with Gasteiger partial charge in [-0.15, -0.1) is 0 Å². The van der Waals surface area contributed by atoms with Crippen molar-refractivity contribution < 1.29 is 4.79 Å². The fourth-order valence-electron chi connectivity index (χ4n) is 2.27. The molecule has 0 aromatic carbocycles. The lowest BCUT2D eigenvalue weighted by molar-refractivity contribution is -0.124. The highest BCUT2D eigenvalue weighted by atomic mass is 32.2. The van der Waals surface area contributed by atoms with E-state index in [9.17, 15) is 4.79 Å². The molecule has 17 heavy (non-hydrogen) atoms. The van der Waals surface area contributed by atoms with Gasteiger partial charge in [-0.1, -0.05) is 6.42 Å². The van der Waals surface area contributed by atoms with Crippen molar-refractivity contribution in [3.8, 4) is 0 Å². The van der Waals surface area contributed by atoms with Crippen LogP contribution in [-0.4, -0.2) is 35.0 Å². The van der Waals surface area contributed by atoms with Gasteiger partial charge in [0.25, 0.3) is 0 Å². The minimum atomic E-state index is -0.151. The maximum atomic E-state index is 12.0. The molecular weight excluding hydrogens is 232 g/mol. The Labute approximate surface area is 109 Å². The summed E-state index contributed by atoms with van der Waals surface area (Å²) in [7, 11) is 0. The van der Waals surface area contributed by atoms with E-state index >= 15 is 0 Å². The minimum absolute atomic E-state index is 0.101. The van der Waals surface area contributed by atoms with Crippen molar-refractivity contribution in [2.75, 3.05) is 6.26 Å². The average molecular weight is 258 g/mol. The zero-order chi connectivity index (χ0) is 13.1. The molecule has 0 spiro atoms. The van der Waals surface area contributed by atoms with Gasteiger partial charge in [0.15, 0.2) is 0 Å². The van der Waals surface area contributed by atoms with E-state index in [1.54, 1.807) is 0 Å². The maximum absolute atomic E-state index is 12.0. The van der Waals surface area contributed by atoms with Crippen LogP contribution in [0.1, 0.15) is 47.0 Å². The summed E-state index contributed by atoms with van der Waals surface area (Å²) in [5, 5.41) is 7.15. The summed E-state index contributed by atoms with van der Waals surface area (Å²) in [6, 6.07) is 0.387. The van der Waals surface area contributed by atoms with E-state index < -0.39 is 0 Å². The van der Waals surface area contributed by atoms with E-state index in [0.717, 1.165) is 0 Å². The molecule has 4 heteroatoms. The second-order valence-corrected chi connectivity index (χ2v) is 7.02. The van der Waals surface area contributed by atoms with E-state index in [-0.39, 0.29) is 17.5 Å². The molecule has 1 aliphatic rings. The molecule has 1 saturated carbocycles. The topological polar surface area (TPSA) is 41.1 Å². The summed E-state index contributed by atoms with van der Waals surface area (Å²) in [4.78, 5) is 12.0. The molecule has 0 radical (unpaired) electrons. The summed E-state index contributed by atoms with van der Waals surface area (Å²) >= 11 is 1.91. The molecule has 0 aliphatic heterocycles. The van der Waals surface area contributed by atoms with E-state index in [1.165, 1.54) is 19.3 Å². The number of nitrogens with one attached hydrogen (secondary N) is 2. The summed E-state index contributed by atoms with van der Waals surface area (Å²) < 4.78 is 0. The summed E-state index contributed by atoms with van der Waals surface area (Å²) in [6.07, 6.45) is 5.90. The third-order valence-corrected chi connectivity index (χ3v) is 4.28. The van der Waals surface area contributed by atoms with Gasteiger partial charge in [0.05, 0.1) is 6.04 Å². The van der Waals surface area contributed by atoms with Gasteiger partial charge < -0.3 is 10.6 Å². The van der Waals surface area contributed by atoms with Crippen LogP contribution in [0.4, 0.5) is 0 Å². The first-order valence-electron chi connectivity index (χ1n) is 6.44. The lowest BCUT2D eigenvalue weighted by Gasteiger charge is -2.27. The van der Waals surface area contributed by atoms with Gasteiger partial charge >= 0.3 is 0 Å². The molecule has 1 fully saturated rings. The Kier molecular flexibility index (Phi) is 5.32. The van der Waals surface area contributed by atoms with Gasteiger partial charge in [-0.05, 0) is 46.8 Å². The number of amides is 1. The molecule has 3 nitrogen and oxygen atoms in total. The van der Waals surface area contributed by atoms with Crippen molar-refractivity contribution >= 4 is 17.7 Å². The zero-order valence-corrected chi connectivity index (χ0v) is 12.5. The number of rotatable bonds is 4. The van der Waals surface area contributed by atoms with Crippen LogP contribution in [0.2, 0.25) is 0 Å². The van der Waals surface area contributed by atoms with Gasteiger partial charge in [-0.25, -0.2) is 0 Å². The molecule has 0 aromatic rings. The van der Waals surface area contributed by atoms with Crippen molar-refractivity contribution in [2.45, 2.75) is 69.8 Å². The molecular formula is C13H26N2OS. The normalized spacial score (nSPS) is 26.9. The molecule has 2 N–H and O–H groups in total. The highest BCUT2D eigenvalue weighted by Gasteiger charge is 2.29. The quantitative estimate of drug-likeness (QED) is 0.812. The van der Waals surface area contributed by atoms with Crippen LogP contribution in [0.15, 0.2) is 0 Å². The van der Waals surface area contributed by atoms with Crippen LogP contribution in [0.3, 0.4) is 0 Å². The number of carbonyl (C=O) groups is 1. The largest absolute Gasteiger partial charge is 0.350 e. The van der Waals surface area contributed by atoms with Crippen molar-refractivity contribution in [3.05, 3.63) is 0 Å². The number of carbonyl (C=O) groups excluding carboxylic acids is 1. The molecule has 100 valence electrons. The second kappa shape index (κ2) is 6.10. The first kappa shape index (κ1) is 14.8. The van der Waals surface area contributed by atoms with Crippen LogP contribution in [0, 0.1) is 0 Å². The molecule has 3 unspecified atom stereocenters. The minimum Gasteiger partial charge on any atom is -0.350 e. The van der Waals surface area contributed by atoms with Crippen molar-refractivity contribution in [3.63, 3.8) is 0 Å². The van der Waals surface area contributed by atoms with Gasteiger partial charge in [0.2, 0.25) is 5.91 Å². The highest BCUT2D eigenvalue weighted by molar-refractivity contribution is 7.99. The monoisotopic (exact) mass is 258 g/mol.